The van der Waals surface area contributed by atoms with E-state index in [1.54, 1.807) is 52.1 Å². The molecule has 2 N–H and O–H groups in total. The summed E-state index contributed by atoms with van der Waals surface area (Å²) < 4.78 is 5.41. The van der Waals surface area contributed by atoms with Gasteiger partial charge in [0.2, 0.25) is 5.91 Å². The molecule has 0 aliphatic carbocycles. The summed E-state index contributed by atoms with van der Waals surface area (Å²) in [6, 6.07) is 18.6. The number of amides is 3. The van der Waals surface area contributed by atoms with Crippen molar-refractivity contribution in [2.24, 2.45) is 5.92 Å². The third kappa shape index (κ3) is 7.61. The van der Waals surface area contributed by atoms with Gasteiger partial charge in [0.25, 0.3) is 5.91 Å². The number of fused-ring (bicyclic) bond motifs is 1. The quantitative estimate of drug-likeness (QED) is 0.357. The lowest BCUT2D eigenvalue weighted by molar-refractivity contribution is -0.140. The van der Waals surface area contributed by atoms with E-state index in [1.165, 1.54) is 4.90 Å². The first-order valence-corrected chi connectivity index (χ1v) is 13.1. The molecule has 39 heavy (non-hydrogen) atoms. The molecule has 3 aromatic carbocycles. The fraction of sp³-hybridized carbons (Fsp3) is 0.344. The Hall–Kier alpha value is -4.31. The highest BCUT2D eigenvalue weighted by Crippen LogP contribution is 2.26. The number of benzene rings is 3. The van der Waals surface area contributed by atoms with Gasteiger partial charge >= 0.3 is 6.09 Å². The molecule has 0 spiro atoms. The van der Waals surface area contributed by atoms with Crippen LogP contribution in [0.5, 0.6) is 0 Å². The summed E-state index contributed by atoms with van der Waals surface area (Å²) in [5, 5.41) is 7.72. The normalized spacial score (nSPS) is 13.5. The average Bonchev–Trinajstić information content (AvgIpc) is 2.90. The molecule has 0 heterocycles. The average molecular weight is 528 g/mol. The number of alkyl carbamates (subject to hydrolysis) is 1. The minimum Gasteiger partial charge on any atom is -0.444 e. The van der Waals surface area contributed by atoms with Gasteiger partial charge in [-0.25, -0.2) is 4.79 Å². The van der Waals surface area contributed by atoms with Crippen LogP contribution in [0.15, 0.2) is 66.7 Å². The molecule has 0 aliphatic heterocycles. The first-order chi connectivity index (χ1) is 18.4. The van der Waals surface area contributed by atoms with E-state index in [0.717, 1.165) is 10.8 Å². The third-order valence-electron chi connectivity index (χ3n) is 6.54. The van der Waals surface area contributed by atoms with Gasteiger partial charge in [0.15, 0.2) is 0 Å². The van der Waals surface area contributed by atoms with Crippen LogP contribution in [-0.4, -0.2) is 41.5 Å². The lowest BCUT2D eigenvalue weighted by atomic mass is 9.96. The SMILES string of the molecule is C#Cc1ccc(C(C(=O)Nc2ccc3ccccc3c2)N(C)C(=O)C(NC(=O)OC(C)(C)C)C(C)CC)cc1. The predicted molar refractivity (Wildman–Crippen MR) is 155 cm³/mol. The highest BCUT2D eigenvalue weighted by Gasteiger charge is 2.36. The number of anilines is 1. The van der Waals surface area contributed by atoms with Crippen LogP contribution in [0.4, 0.5) is 10.5 Å². The predicted octanol–water partition coefficient (Wildman–Crippen LogP) is 5.90. The number of ether oxygens (including phenoxy) is 1. The number of rotatable bonds is 8. The first-order valence-electron chi connectivity index (χ1n) is 13.1. The number of carbonyl (C=O) groups is 3. The molecule has 0 radical (unpaired) electrons. The molecule has 0 saturated carbocycles. The van der Waals surface area contributed by atoms with Gasteiger partial charge in [-0.3, -0.25) is 9.59 Å². The molecule has 0 aliphatic rings. The van der Waals surface area contributed by atoms with Crippen molar-refractivity contribution in [1.29, 1.82) is 0 Å². The second-order valence-electron chi connectivity index (χ2n) is 10.7. The molecular formula is C32H37N3O4. The van der Waals surface area contributed by atoms with E-state index >= 15 is 0 Å². The van der Waals surface area contributed by atoms with E-state index in [-0.39, 0.29) is 5.92 Å². The topological polar surface area (TPSA) is 87.7 Å². The van der Waals surface area contributed by atoms with Crippen molar-refractivity contribution < 1.29 is 19.1 Å². The van der Waals surface area contributed by atoms with Crippen LogP contribution >= 0.6 is 0 Å². The maximum Gasteiger partial charge on any atom is 0.408 e. The van der Waals surface area contributed by atoms with E-state index in [1.807, 2.05) is 56.3 Å². The maximum absolute atomic E-state index is 13.9. The summed E-state index contributed by atoms with van der Waals surface area (Å²) in [6.45, 7) is 9.08. The zero-order valence-corrected chi connectivity index (χ0v) is 23.4. The summed E-state index contributed by atoms with van der Waals surface area (Å²) in [4.78, 5) is 41.6. The van der Waals surface area contributed by atoms with Gasteiger partial charge in [0.05, 0.1) is 0 Å². The lowest BCUT2D eigenvalue weighted by Crippen LogP contribution is -2.53. The van der Waals surface area contributed by atoms with Crippen molar-refractivity contribution in [2.45, 2.75) is 58.7 Å². The van der Waals surface area contributed by atoms with Crippen molar-refractivity contribution in [2.75, 3.05) is 12.4 Å². The first kappa shape index (κ1) is 29.2. The van der Waals surface area contributed by atoms with Crippen LogP contribution in [0.25, 0.3) is 10.8 Å². The fourth-order valence-electron chi connectivity index (χ4n) is 4.25. The van der Waals surface area contributed by atoms with Crippen molar-refractivity contribution in [1.82, 2.24) is 10.2 Å². The molecule has 204 valence electrons. The zero-order chi connectivity index (χ0) is 28.7. The van der Waals surface area contributed by atoms with Gasteiger partial charge in [-0.05, 0) is 67.3 Å². The minimum atomic E-state index is -0.984. The van der Waals surface area contributed by atoms with Crippen molar-refractivity contribution in [3.05, 3.63) is 77.9 Å². The van der Waals surface area contributed by atoms with Gasteiger partial charge in [-0.2, -0.15) is 0 Å². The molecular weight excluding hydrogens is 490 g/mol. The van der Waals surface area contributed by atoms with Crippen LogP contribution in [0.2, 0.25) is 0 Å². The molecule has 3 atom stereocenters. The molecule has 3 unspecified atom stereocenters. The highest BCUT2D eigenvalue weighted by atomic mass is 16.6. The molecule has 3 amide bonds. The molecule has 3 aromatic rings. The van der Waals surface area contributed by atoms with Crippen LogP contribution in [0.3, 0.4) is 0 Å². The van der Waals surface area contributed by atoms with Gasteiger partial charge in [-0.15, -0.1) is 6.42 Å². The minimum absolute atomic E-state index is 0.208. The van der Waals surface area contributed by atoms with E-state index < -0.39 is 35.6 Å². The Kier molecular flexibility index (Phi) is 9.37. The number of hydrogen-bond donors (Lipinski definition) is 2. The summed E-state index contributed by atoms with van der Waals surface area (Å²) in [6.07, 6.45) is 5.46. The van der Waals surface area contributed by atoms with Gasteiger partial charge in [0.1, 0.15) is 17.7 Å². The molecule has 0 fully saturated rings. The maximum atomic E-state index is 13.9. The van der Waals surface area contributed by atoms with E-state index in [9.17, 15) is 14.4 Å². The van der Waals surface area contributed by atoms with Gasteiger partial charge in [0, 0.05) is 18.3 Å². The summed E-state index contributed by atoms with van der Waals surface area (Å²) in [5.74, 6) is 1.56. The summed E-state index contributed by atoms with van der Waals surface area (Å²) in [7, 11) is 1.56. The standard InChI is InChI=1S/C32H37N3O4/c1-8-21(3)27(34-31(38)39-32(4,5)6)30(37)35(7)28(24-16-14-22(9-2)15-17-24)29(36)33-26-19-18-23-12-10-11-13-25(23)20-26/h2,10-21,27-28H,8H2,1,3-7H3,(H,33,36)(H,34,38). The Balaban J connectivity index is 1.94. The van der Waals surface area contributed by atoms with Crippen LogP contribution in [0, 0.1) is 18.3 Å². The largest absolute Gasteiger partial charge is 0.444 e. The van der Waals surface area contributed by atoms with Crippen LogP contribution in [-0.2, 0) is 14.3 Å². The molecule has 0 bridgehead atoms. The highest BCUT2D eigenvalue weighted by molar-refractivity contribution is 6.00. The van der Waals surface area contributed by atoms with E-state index in [4.69, 9.17) is 11.2 Å². The number of carbonyl (C=O) groups excluding carboxylic acids is 3. The number of nitrogens with zero attached hydrogens (tertiary/aromatic N) is 1. The summed E-state index contributed by atoms with van der Waals surface area (Å²) in [5.41, 5.74) is 1.13. The number of likely N-dealkylation sites (N-methyl/N-ethyl adjacent to an activating group) is 1. The second kappa shape index (κ2) is 12.5. The Morgan fingerprint density at radius 3 is 2.23 bits per heavy atom. The number of hydrogen-bond acceptors (Lipinski definition) is 4. The monoisotopic (exact) mass is 527 g/mol. The third-order valence-corrected chi connectivity index (χ3v) is 6.54. The second-order valence-corrected chi connectivity index (χ2v) is 10.7. The molecule has 7 heteroatoms. The Bertz CT molecular complexity index is 1370. The number of nitrogens with one attached hydrogen (secondary N) is 2. The van der Waals surface area contributed by atoms with Crippen molar-refractivity contribution in [3.8, 4) is 12.3 Å². The lowest BCUT2D eigenvalue weighted by Gasteiger charge is -2.33. The summed E-state index contributed by atoms with van der Waals surface area (Å²) >= 11 is 0. The van der Waals surface area contributed by atoms with Crippen molar-refractivity contribution >= 4 is 34.4 Å². The van der Waals surface area contributed by atoms with Gasteiger partial charge in [-0.1, -0.05) is 68.7 Å². The Morgan fingerprint density at radius 2 is 1.64 bits per heavy atom. The Morgan fingerprint density at radius 1 is 1.00 bits per heavy atom. The van der Waals surface area contributed by atoms with Gasteiger partial charge < -0.3 is 20.3 Å². The zero-order valence-electron chi connectivity index (χ0n) is 23.4. The molecule has 3 rings (SSSR count). The number of terminal acetylenes is 1. The van der Waals surface area contributed by atoms with E-state index in [2.05, 4.69) is 16.6 Å². The molecule has 0 aromatic heterocycles. The van der Waals surface area contributed by atoms with Crippen LogP contribution < -0.4 is 10.6 Å². The Labute approximate surface area is 230 Å². The smallest absolute Gasteiger partial charge is 0.408 e. The molecule has 7 nitrogen and oxygen atoms in total. The van der Waals surface area contributed by atoms with E-state index in [0.29, 0.717) is 23.2 Å². The fourth-order valence-corrected chi connectivity index (χ4v) is 4.25. The van der Waals surface area contributed by atoms with Crippen LogP contribution in [0.1, 0.15) is 58.2 Å². The van der Waals surface area contributed by atoms with Crippen molar-refractivity contribution in [3.63, 3.8) is 0 Å². The molecule has 0 saturated heterocycles.